The van der Waals surface area contributed by atoms with E-state index in [9.17, 15) is 0 Å². The maximum atomic E-state index is 2.63. The largest absolute Gasteiger partial charge is 0.147 e. The minimum Gasteiger partial charge on any atom is -0.147 e. The van der Waals surface area contributed by atoms with Crippen LogP contribution in [0.2, 0.25) is 36.6 Å². The van der Waals surface area contributed by atoms with Gasteiger partial charge in [0.05, 0.1) is 0 Å². The second-order valence-electron chi connectivity index (χ2n) is 19.5. The van der Waals surface area contributed by atoms with Gasteiger partial charge >= 0.3 is 121 Å². The molecule has 0 saturated carbocycles. The van der Waals surface area contributed by atoms with Crippen LogP contribution in [-0.2, 0) is 8.43 Å². The second kappa shape index (κ2) is 2.64. The summed E-state index contributed by atoms with van der Waals surface area (Å²) in [5, 5.41) is 18.4. The maximum Gasteiger partial charge on any atom is -0.147 e. The fraction of sp³-hybridized carbons (Fsp3) is 0.526. The second-order valence-corrected chi connectivity index (χ2v) is 75.2. The standard InChI is InChI=1S/C5H5.C4H4P.C3H6.7CH3.2ClH.Ti/c2*1-2-4-5-3-1;1-3-2;;;;;;;;;;/h1-3H,4H2;1-3,5H;1-2H3;7*1H3;2*1H;. The number of hydrogen-bond donors (Lipinski definition) is 0. The molecule has 137 valence electrons. The van der Waals surface area contributed by atoms with E-state index in [0.29, 0.717) is 0 Å². The molecule has 0 fully saturated rings. The first-order chi connectivity index (χ1) is 8.55. The Kier molecular flexibility index (Phi) is 2.69. The van der Waals surface area contributed by atoms with E-state index in [2.05, 4.69) is 86.6 Å². The fourth-order valence-electron chi connectivity index (χ4n) is 4.27. The number of rotatable bonds is 2. The van der Waals surface area contributed by atoms with Crippen LogP contribution in [0.4, 0.5) is 0 Å². The van der Waals surface area contributed by atoms with Crippen molar-refractivity contribution < 1.29 is 8.43 Å². The van der Waals surface area contributed by atoms with Crippen molar-refractivity contribution >= 4 is 40.4 Å². The van der Waals surface area contributed by atoms with Crippen LogP contribution in [0.15, 0.2) is 40.0 Å². The summed E-state index contributed by atoms with van der Waals surface area (Å²) < 4.78 is 4.73. The summed E-state index contributed by atoms with van der Waals surface area (Å²) in [6.07, 6.45) is 8.02. The molecule has 1 aliphatic rings. The molecule has 1 heterocycles. The Labute approximate surface area is 145 Å². The average molecular weight is 416 g/mol. The zero-order valence-electron chi connectivity index (χ0n) is 16.5. The van der Waals surface area contributed by atoms with Crippen LogP contribution in [0, 0.1) is 0 Å². The molecule has 1 unspecified atom stereocenters. The van der Waals surface area contributed by atoms with Crippen LogP contribution in [0.5, 0.6) is 0 Å². The van der Waals surface area contributed by atoms with Gasteiger partial charge in [0, 0.05) is 0 Å². The van der Waals surface area contributed by atoms with E-state index in [1.807, 2.05) is 0 Å². The summed E-state index contributed by atoms with van der Waals surface area (Å²) in [6.45, 7) is 4.74. The minimum atomic E-state index is -5.58. The van der Waals surface area contributed by atoms with E-state index < -0.39 is 8.43 Å². The summed E-state index contributed by atoms with van der Waals surface area (Å²) in [4.78, 5) is 0. The Balaban J connectivity index is 0.00000242. The van der Waals surface area contributed by atoms with E-state index in [1.54, 1.807) is 11.3 Å². The van der Waals surface area contributed by atoms with Gasteiger partial charge in [-0.05, 0) is 0 Å². The van der Waals surface area contributed by atoms with Crippen LogP contribution in [0.3, 0.4) is 0 Å². The molecule has 0 N–H and O–H groups in total. The van der Waals surface area contributed by atoms with Gasteiger partial charge in [0.1, 0.15) is 0 Å². The first-order valence-electron chi connectivity index (χ1n) is 8.46. The summed E-state index contributed by atoms with van der Waals surface area (Å²) >= 11 is 0. The molecule has 1 aliphatic carbocycles. The molecule has 1 atom stereocenters. The molecular formula is C19H38Cl2PTi. The maximum absolute atomic E-state index is 5.58. The third-order valence-electron chi connectivity index (χ3n) is 10.1. The topological polar surface area (TPSA) is 0 Å². The zero-order chi connectivity index (χ0) is 16.7. The molecule has 1 aromatic rings. The first kappa shape index (κ1) is 23.4. The van der Waals surface area contributed by atoms with Crippen molar-refractivity contribution in [2.45, 2.75) is 56.9 Å². The molecule has 23 heavy (non-hydrogen) atoms. The summed E-state index contributed by atoms with van der Waals surface area (Å²) in [5.41, 5.74) is 0. The van der Waals surface area contributed by atoms with Gasteiger partial charge in [0.25, 0.3) is 0 Å². The molecule has 2 rings (SSSR count). The van der Waals surface area contributed by atoms with Crippen molar-refractivity contribution in [2.75, 3.05) is 0 Å². The molecule has 0 amide bonds. The normalized spacial score (nSPS) is 26.6. The summed E-state index contributed by atoms with van der Waals surface area (Å²) in [6, 6.07) is 4.67. The van der Waals surface area contributed by atoms with Crippen molar-refractivity contribution in [3.05, 3.63) is 40.0 Å². The molecule has 0 bridgehead atoms. The SMILES string of the molecule is C[C](C)=[Ti]([CH3])([CH3])([CH3])([CH3])([CH3])([CH3])([CH3])([C]1=CC=CC1)[c]1ccc[pH]1.Cl.Cl. The zero-order valence-corrected chi connectivity index (χ0v) is 20.7. The smallest absolute Gasteiger partial charge is 0.147 e. The Bertz CT molecular complexity index is 959. The van der Waals surface area contributed by atoms with Gasteiger partial charge in [-0.25, -0.2) is 0 Å². The average Bonchev–Trinajstić information content (AvgIpc) is 2.91. The van der Waals surface area contributed by atoms with Crippen molar-refractivity contribution in [3.63, 3.8) is 0 Å². The first-order valence-corrected chi connectivity index (χ1v) is 22.8. The van der Waals surface area contributed by atoms with Gasteiger partial charge in [0.2, 0.25) is 0 Å². The Hall–Kier alpha value is 0.424. The van der Waals surface area contributed by atoms with Gasteiger partial charge in [0.15, 0.2) is 0 Å². The predicted octanol–water partition coefficient (Wildman–Crippen LogP) is 7.95. The third-order valence-corrected chi connectivity index (χ3v) is 47.9. The van der Waals surface area contributed by atoms with Crippen molar-refractivity contribution in [1.82, 2.24) is 0 Å². The van der Waals surface area contributed by atoms with Gasteiger partial charge < -0.3 is 0 Å². The van der Waals surface area contributed by atoms with E-state index in [-0.39, 0.29) is 24.8 Å². The van der Waals surface area contributed by atoms with Crippen molar-refractivity contribution in [2.24, 2.45) is 0 Å². The van der Waals surface area contributed by atoms with E-state index in [4.69, 9.17) is 0 Å². The summed E-state index contributed by atoms with van der Waals surface area (Å²) in [5.74, 6) is 2.34. The minimum absolute atomic E-state index is 0. The van der Waals surface area contributed by atoms with Crippen LogP contribution in [0.1, 0.15) is 20.3 Å². The van der Waals surface area contributed by atoms with Gasteiger partial charge in [-0.3, -0.25) is 0 Å². The predicted molar refractivity (Wildman–Crippen MR) is 119 cm³/mol. The molecule has 0 aromatic carbocycles. The quantitative estimate of drug-likeness (QED) is 0.429. The molecule has 1 aromatic heterocycles. The molecule has 0 spiro atoms. The number of halogens is 2. The molecule has 0 saturated heterocycles. The van der Waals surface area contributed by atoms with Crippen LogP contribution in [0.25, 0.3) is 0 Å². The van der Waals surface area contributed by atoms with E-state index in [1.165, 1.54) is 0 Å². The van der Waals surface area contributed by atoms with Crippen LogP contribution in [-0.4, -0.2) is 3.81 Å². The number of hydrogen-bond acceptors (Lipinski definition) is 0. The summed E-state index contributed by atoms with van der Waals surface area (Å²) in [7, 11) is -4.83. The van der Waals surface area contributed by atoms with E-state index >= 15 is 0 Å². The van der Waals surface area contributed by atoms with Gasteiger partial charge in [-0.2, -0.15) is 0 Å². The Morgan fingerprint density at radius 1 is 0.957 bits per heavy atom. The van der Waals surface area contributed by atoms with Gasteiger partial charge in [-0.1, -0.05) is 0 Å². The molecular weight excluding hydrogens is 378 g/mol. The molecule has 0 aliphatic heterocycles. The van der Waals surface area contributed by atoms with Crippen molar-refractivity contribution in [3.8, 4) is 0 Å². The van der Waals surface area contributed by atoms with Crippen LogP contribution < -0.4 is 3.60 Å². The van der Waals surface area contributed by atoms with E-state index in [0.717, 1.165) is 14.6 Å². The van der Waals surface area contributed by atoms with Crippen LogP contribution >= 0.6 is 33.0 Å². The Morgan fingerprint density at radius 3 is 1.78 bits per heavy atom. The van der Waals surface area contributed by atoms with Gasteiger partial charge in [-0.15, -0.1) is 24.8 Å². The number of allylic oxidation sites excluding steroid dienone is 4. The molecule has 0 radical (unpaired) electrons. The Morgan fingerprint density at radius 2 is 1.48 bits per heavy atom. The van der Waals surface area contributed by atoms with Crippen molar-refractivity contribution in [1.29, 1.82) is 0 Å². The third kappa shape index (κ3) is 2.00. The molecule has 4 heteroatoms. The molecule has 0 nitrogen and oxygen atoms in total. The monoisotopic (exact) mass is 415 g/mol. The fourth-order valence-corrected chi connectivity index (χ4v) is 23.1.